The molecule has 1 unspecified atom stereocenters. The minimum atomic E-state index is -1.24. The van der Waals surface area contributed by atoms with Crippen LogP contribution in [0.4, 0.5) is 23.4 Å². The fourth-order valence-electron chi connectivity index (χ4n) is 4.78. The van der Waals surface area contributed by atoms with E-state index in [0.29, 0.717) is 5.69 Å². The molecule has 13 heteroatoms. The van der Waals surface area contributed by atoms with Crippen LogP contribution in [0.5, 0.6) is 5.75 Å². The molecule has 6 aromatic rings. The smallest absolute Gasteiger partial charge is 0.269 e. The van der Waals surface area contributed by atoms with Crippen LogP contribution >= 0.6 is 0 Å². The van der Waals surface area contributed by atoms with Crippen molar-refractivity contribution in [1.82, 2.24) is 29.3 Å². The quantitative estimate of drug-likeness (QED) is 0.296. The number of methoxy groups -OCH3 is 1. The third kappa shape index (κ3) is 3.96. The Morgan fingerprint density at radius 1 is 0.902 bits per heavy atom. The molecule has 0 aliphatic carbocycles. The molecule has 0 saturated heterocycles. The van der Waals surface area contributed by atoms with Crippen LogP contribution in [0.15, 0.2) is 65.7 Å². The number of para-hydroxylation sites is 1. The number of hydrogen-bond acceptors (Lipinski definition) is 7. The number of halogens is 4. The van der Waals surface area contributed by atoms with Gasteiger partial charge in [0, 0.05) is 5.56 Å². The molecule has 6 rings (SSSR count). The van der Waals surface area contributed by atoms with Gasteiger partial charge in [-0.25, -0.2) is 32.8 Å². The molecule has 1 atom stereocenters. The zero-order chi connectivity index (χ0) is 29.0. The minimum absolute atomic E-state index is 0.0345. The second-order valence-electron chi connectivity index (χ2n) is 9.07. The zero-order valence-corrected chi connectivity index (χ0v) is 21.4. The molecule has 0 aliphatic heterocycles. The molecule has 0 radical (unpaired) electrons. The van der Waals surface area contributed by atoms with E-state index in [2.05, 4.69) is 20.1 Å². The first-order chi connectivity index (χ1) is 19.7. The van der Waals surface area contributed by atoms with Crippen molar-refractivity contribution in [3.63, 3.8) is 0 Å². The lowest BCUT2D eigenvalue weighted by Gasteiger charge is -2.19. The van der Waals surface area contributed by atoms with Crippen LogP contribution in [0.3, 0.4) is 0 Å². The number of nitrogens with zero attached hydrogens (tertiary/aromatic N) is 6. The average Bonchev–Trinajstić information content (AvgIpc) is 3.37. The molecule has 3 aromatic carbocycles. The van der Waals surface area contributed by atoms with Crippen LogP contribution < -0.4 is 16.0 Å². The normalized spacial score (nSPS) is 12.2. The van der Waals surface area contributed by atoms with Gasteiger partial charge in [0.1, 0.15) is 52.2 Å². The van der Waals surface area contributed by atoms with Crippen molar-refractivity contribution >= 4 is 27.8 Å². The van der Waals surface area contributed by atoms with Crippen molar-refractivity contribution in [3.05, 3.63) is 100 Å². The molecule has 0 spiro atoms. The highest BCUT2D eigenvalue weighted by Crippen LogP contribution is 2.36. The molecular formula is C28H19F4N7O2. The fourth-order valence-corrected chi connectivity index (χ4v) is 4.78. The summed E-state index contributed by atoms with van der Waals surface area (Å²) in [6.45, 7) is 1.59. The molecule has 9 nitrogen and oxygen atoms in total. The Labute approximate surface area is 228 Å². The Bertz CT molecular complexity index is 2040. The number of hydrogen-bond donors (Lipinski definition) is 1. The lowest BCUT2D eigenvalue weighted by atomic mass is 10.1. The molecule has 3 heterocycles. The van der Waals surface area contributed by atoms with Crippen LogP contribution in [-0.2, 0) is 0 Å². The van der Waals surface area contributed by atoms with E-state index in [0.717, 1.165) is 23.0 Å². The standard InChI is InChI=1S/C28H19F4N7O2/c1-13(26-36-24-17(30)10-9-16(29)19(24)28(40)38(26)14-6-4-3-5-7-14)39-27-20(25(33)34-12-35-27)23(37-39)15-8-11-18(41-2)22(32)21(15)31/h3-13H,1-2H3,(H2,33,34,35). The molecule has 41 heavy (non-hydrogen) atoms. The van der Waals surface area contributed by atoms with Gasteiger partial charge in [0.2, 0.25) is 5.82 Å². The summed E-state index contributed by atoms with van der Waals surface area (Å²) < 4.78 is 66.8. The highest BCUT2D eigenvalue weighted by atomic mass is 19.2. The molecule has 0 saturated carbocycles. The van der Waals surface area contributed by atoms with Crippen LogP contribution in [0.2, 0.25) is 0 Å². The number of anilines is 1. The van der Waals surface area contributed by atoms with Crippen molar-refractivity contribution < 1.29 is 22.3 Å². The van der Waals surface area contributed by atoms with E-state index < -0.39 is 45.8 Å². The van der Waals surface area contributed by atoms with Gasteiger partial charge in [-0.3, -0.25) is 9.36 Å². The van der Waals surface area contributed by atoms with Gasteiger partial charge in [0.05, 0.1) is 18.2 Å². The number of benzene rings is 3. The van der Waals surface area contributed by atoms with Gasteiger partial charge in [-0.05, 0) is 43.3 Å². The summed E-state index contributed by atoms with van der Waals surface area (Å²) in [6, 6.07) is 11.5. The Morgan fingerprint density at radius 3 is 2.37 bits per heavy atom. The van der Waals surface area contributed by atoms with E-state index in [-0.39, 0.29) is 39.7 Å². The number of nitrogen functional groups attached to an aromatic ring is 1. The predicted molar refractivity (Wildman–Crippen MR) is 143 cm³/mol. The van der Waals surface area contributed by atoms with Gasteiger partial charge in [0.15, 0.2) is 17.2 Å². The van der Waals surface area contributed by atoms with Gasteiger partial charge < -0.3 is 10.5 Å². The maximum atomic E-state index is 15.2. The van der Waals surface area contributed by atoms with Crippen LogP contribution in [-0.4, -0.2) is 36.4 Å². The largest absolute Gasteiger partial charge is 0.494 e. The first-order valence-electron chi connectivity index (χ1n) is 12.2. The molecule has 0 amide bonds. The van der Waals surface area contributed by atoms with Crippen molar-refractivity contribution in [2.75, 3.05) is 12.8 Å². The van der Waals surface area contributed by atoms with Crippen molar-refractivity contribution in [1.29, 1.82) is 0 Å². The van der Waals surface area contributed by atoms with E-state index in [1.807, 2.05) is 0 Å². The second kappa shape index (κ2) is 9.70. The molecular weight excluding hydrogens is 542 g/mol. The summed E-state index contributed by atoms with van der Waals surface area (Å²) in [7, 11) is 1.20. The van der Waals surface area contributed by atoms with Crippen molar-refractivity contribution in [3.8, 4) is 22.7 Å². The maximum absolute atomic E-state index is 15.2. The number of fused-ring (bicyclic) bond motifs is 2. The summed E-state index contributed by atoms with van der Waals surface area (Å²) in [5.41, 5.74) is 4.90. The summed E-state index contributed by atoms with van der Waals surface area (Å²) in [5, 5.41) is 4.08. The van der Waals surface area contributed by atoms with Crippen LogP contribution in [0.25, 0.3) is 38.9 Å². The van der Waals surface area contributed by atoms with Crippen LogP contribution in [0, 0.1) is 23.3 Å². The maximum Gasteiger partial charge on any atom is 0.269 e. The Kier molecular flexibility index (Phi) is 6.13. The predicted octanol–water partition coefficient (Wildman–Crippen LogP) is 4.95. The van der Waals surface area contributed by atoms with Gasteiger partial charge in [-0.1, -0.05) is 18.2 Å². The van der Waals surface area contributed by atoms with Gasteiger partial charge in [0.25, 0.3) is 5.56 Å². The van der Waals surface area contributed by atoms with Crippen LogP contribution in [0.1, 0.15) is 18.8 Å². The molecule has 0 fully saturated rings. The lowest BCUT2D eigenvalue weighted by molar-refractivity contribution is 0.372. The number of aromatic nitrogens is 6. The highest BCUT2D eigenvalue weighted by Gasteiger charge is 2.28. The fraction of sp³-hybridized carbons (Fsp3) is 0.107. The van der Waals surface area contributed by atoms with Gasteiger partial charge >= 0.3 is 0 Å². The molecule has 206 valence electrons. The molecule has 0 bridgehead atoms. The van der Waals surface area contributed by atoms with E-state index in [1.165, 1.54) is 23.9 Å². The first-order valence-corrected chi connectivity index (χ1v) is 12.2. The number of rotatable bonds is 5. The third-order valence-corrected chi connectivity index (χ3v) is 6.75. The second-order valence-corrected chi connectivity index (χ2v) is 9.07. The number of nitrogens with two attached hydrogens (primary N) is 1. The lowest BCUT2D eigenvalue weighted by Crippen LogP contribution is -2.28. The Hall–Kier alpha value is -5.33. The Morgan fingerprint density at radius 2 is 1.63 bits per heavy atom. The van der Waals surface area contributed by atoms with Crippen molar-refractivity contribution in [2.45, 2.75) is 13.0 Å². The Balaban J connectivity index is 1.67. The van der Waals surface area contributed by atoms with Gasteiger partial charge in [-0.2, -0.15) is 9.49 Å². The summed E-state index contributed by atoms with van der Waals surface area (Å²) in [6.07, 6.45) is 1.16. The topological polar surface area (TPSA) is 114 Å². The summed E-state index contributed by atoms with van der Waals surface area (Å²) in [4.78, 5) is 26.3. The molecule has 3 aromatic heterocycles. The third-order valence-electron chi connectivity index (χ3n) is 6.75. The molecule has 2 N–H and O–H groups in total. The SMILES string of the molecule is COc1ccc(-c2nn(C(C)c3nc4c(F)ccc(F)c4c(=O)n3-c3ccccc3)c3ncnc(N)c23)c(F)c1F. The van der Waals surface area contributed by atoms with E-state index in [9.17, 15) is 18.0 Å². The van der Waals surface area contributed by atoms with E-state index >= 15 is 4.39 Å². The summed E-state index contributed by atoms with van der Waals surface area (Å²) in [5.74, 6) is -4.73. The number of ether oxygens (including phenoxy) is 1. The van der Waals surface area contributed by atoms with E-state index in [4.69, 9.17) is 10.5 Å². The zero-order valence-electron chi connectivity index (χ0n) is 21.4. The summed E-state index contributed by atoms with van der Waals surface area (Å²) >= 11 is 0. The average molecular weight is 561 g/mol. The molecule has 0 aliphatic rings. The van der Waals surface area contributed by atoms with E-state index in [1.54, 1.807) is 37.3 Å². The first kappa shape index (κ1) is 25.9. The van der Waals surface area contributed by atoms with Gasteiger partial charge in [-0.15, -0.1) is 0 Å². The minimum Gasteiger partial charge on any atom is -0.494 e. The van der Waals surface area contributed by atoms with Crippen molar-refractivity contribution in [2.24, 2.45) is 0 Å². The monoisotopic (exact) mass is 561 g/mol. The highest BCUT2D eigenvalue weighted by molar-refractivity contribution is 5.98.